The van der Waals surface area contributed by atoms with Crippen LogP contribution in [0.1, 0.15) is 69.6 Å². The Morgan fingerprint density at radius 2 is 2.00 bits per heavy atom. The summed E-state index contributed by atoms with van der Waals surface area (Å²) < 4.78 is 0. The Kier molecular flexibility index (Phi) is 6.55. The first kappa shape index (κ1) is 16.5. The van der Waals surface area contributed by atoms with E-state index >= 15 is 0 Å². The van der Waals surface area contributed by atoms with Gasteiger partial charge in [-0.05, 0) is 26.7 Å². The molecule has 1 heterocycles. The number of carbonyl (C=O) groups excluding carboxylic acids is 1. The molecule has 0 atom stereocenters. The van der Waals surface area contributed by atoms with Gasteiger partial charge in [-0.25, -0.2) is 0 Å². The third-order valence-electron chi connectivity index (χ3n) is 3.47. The molecule has 0 aromatic carbocycles. The second-order valence-electron chi connectivity index (χ2n) is 5.51. The molecule has 1 aromatic heterocycles. The van der Waals surface area contributed by atoms with Crippen molar-refractivity contribution in [2.24, 2.45) is 0 Å². The van der Waals surface area contributed by atoms with Crippen molar-refractivity contribution in [3.8, 4) is 0 Å². The van der Waals surface area contributed by atoms with E-state index in [0.29, 0.717) is 11.4 Å². The minimum atomic E-state index is -0.0628. The number of aryl methyl sites for hydroxylation is 1. The second kappa shape index (κ2) is 7.92. The van der Waals surface area contributed by atoms with Crippen molar-refractivity contribution in [2.45, 2.75) is 65.8 Å². The van der Waals surface area contributed by atoms with E-state index in [-0.39, 0.29) is 11.9 Å². The number of aromatic nitrogens is 2. The average molecular weight is 280 g/mol. The number of nitrogens with two attached hydrogens (primary N) is 1. The zero-order valence-electron chi connectivity index (χ0n) is 13.2. The topological polar surface area (TPSA) is 75.0 Å². The van der Waals surface area contributed by atoms with Crippen LogP contribution in [0.3, 0.4) is 0 Å². The van der Waals surface area contributed by atoms with Crippen molar-refractivity contribution in [1.82, 2.24) is 15.1 Å². The van der Waals surface area contributed by atoms with E-state index in [1.165, 1.54) is 0 Å². The van der Waals surface area contributed by atoms with E-state index in [1.54, 1.807) is 0 Å². The highest BCUT2D eigenvalue weighted by molar-refractivity contribution is 5.97. The van der Waals surface area contributed by atoms with Gasteiger partial charge in [0.25, 0.3) is 5.91 Å². The van der Waals surface area contributed by atoms with Crippen LogP contribution < -0.4 is 5.73 Å². The first-order chi connectivity index (χ1) is 9.52. The van der Waals surface area contributed by atoms with Crippen LogP contribution in [0.5, 0.6) is 0 Å². The summed E-state index contributed by atoms with van der Waals surface area (Å²) in [5.41, 5.74) is 7.80. The van der Waals surface area contributed by atoms with E-state index in [0.717, 1.165) is 44.3 Å². The average Bonchev–Trinajstić information content (AvgIpc) is 2.76. The van der Waals surface area contributed by atoms with E-state index in [2.05, 4.69) is 24.0 Å². The zero-order valence-corrected chi connectivity index (χ0v) is 13.2. The Labute approximate surface area is 121 Å². The Hall–Kier alpha value is -1.52. The predicted octanol–water partition coefficient (Wildman–Crippen LogP) is 2.99. The molecule has 0 radical (unpaired) electrons. The Morgan fingerprint density at radius 3 is 2.55 bits per heavy atom. The van der Waals surface area contributed by atoms with E-state index in [9.17, 15) is 4.79 Å². The van der Waals surface area contributed by atoms with Gasteiger partial charge in [-0.1, -0.05) is 33.1 Å². The van der Waals surface area contributed by atoms with Crippen molar-refractivity contribution < 1.29 is 4.79 Å². The SMILES string of the molecule is CCCCCN(C(=O)c1n[nH]c(CCC)c1N)C(C)C. The van der Waals surface area contributed by atoms with Crippen LogP contribution in [-0.2, 0) is 6.42 Å². The van der Waals surface area contributed by atoms with Crippen molar-refractivity contribution in [2.75, 3.05) is 12.3 Å². The quantitative estimate of drug-likeness (QED) is 0.719. The van der Waals surface area contributed by atoms with Crippen molar-refractivity contribution in [3.05, 3.63) is 11.4 Å². The van der Waals surface area contributed by atoms with Gasteiger partial charge in [0.15, 0.2) is 5.69 Å². The molecule has 0 bridgehead atoms. The van der Waals surface area contributed by atoms with Crippen LogP contribution in [0, 0.1) is 0 Å². The normalized spacial score (nSPS) is 11.1. The maximum Gasteiger partial charge on any atom is 0.276 e. The summed E-state index contributed by atoms with van der Waals surface area (Å²) in [5.74, 6) is -0.0628. The first-order valence-electron chi connectivity index (χ1n) is 7.66. The number of rotatable bonds is 8. The number of hydrogen-bond acceptors (Lipinski definition) is 3. The van der Waals surface area contributed by atoms with Crippen LogP contribution in [-0.4, -0.2) is 33.6 Å². The number of hydrogen-bond donors (Lipinski definition) is 2. The van der Waals surface area contributed by atoms with Crippen LogP contribution in [0.25, 0.3) is 0 Å². The van der Waals surface area contributed by atoms with Crippen molar-refractivity contribution in [3.63, 3.8) is 0 Å². The van der Waals surface area contributed by atoms with E-state index in [1.807, 2.05) is 18.7 Å². The van der Waals surface area contributed by atoms with Crippen molar-refractivity contribution in [1.29, 1.82) is 0 Å². The maximum absolute atomic E-state index is 12.6. The number of nitrogen functional groups attached to an aromatic ring is 1. The van der Waals surface area contributed by atoms with Gasteiger partial charge < -0.3 is 10.6 Å². The summed E-state index contributed by atoms with van der Waals surface area (Å²) in [6.07, 6.45) is 5.10. The highest BCUT2D eigenvalue weighted by Gasteiger charge is 2.24. The molecule has 1 amide bonds. The summed E-state index contributed by atoms with van der Waals surface area (Å²) in [7, 11) is 0. The molecule has 0 aliphatic rings. The molecule has 0 saturated heterocycles. The van der Waals surface area contributed by atoms with Gasteiger partial charge in [0, 0.05) is 12.6 Å². The molecule has 1 rings (SSSR count). The number of nitrogens with zero attached hydrogens (tertiary/aromatic N) is 2. The first-order valence-corrected chi connectivity index (χ1v) is 7.66. The third kappa shape index (κ3) is 3.99. The number of anilines is 1. The Morgan fingerprint density at radius 1 is 1.30 bits per heavy atom. The molecule has 0 unspecified atom stereocenters. The summed E-state index contributed by atoms with van der Waals surface area (Å²) in [4.78, 5) is 14.4. The second-order valence-corrected chi connectivity index (χ2v) is 5.51. The minimum absolute atomic E-state index is 0.0628. The summed E-state index contributed by atoms with van der Waals surface area (Å²) in [5, 5.41) is 7.02. The standard InChI is InChI=1S/C15H28N4O/c1-5-7-8-10-19(11(3)4)15(20)14-13(16)12(9-6-2)17-18-14/h11H,5-10,16H2,1-4H3,(H,17,18). The van der Waals surface area contributed by atoms with Crippen LogP contribution >= 0.6 is 0 Å². The van der Waals surface area contributed by atoms with Gasteiger partial charge in [-0.2, -0.15) is 5.10 Å². The molecule has 0 aliphatic heterocycles. The molecule has 0 fully saturated rings. The fourth-order valence-electron chi connectivity index (χ4n) is 2.25. The smallest absolute Gasteiger partial charge is 0.276 e. The van der Waals surface area contributed by atoms with Crippen LogP contribution in [0.15, 0.2) is 0 Å². The molecule has 5 nitrogen and oxygen atoms in total. The number of nitrogens with one attached hydrogen (secondary N) is 1. The lowest BCUT2D eigenvalue weighted by Crippen LogP contribution is -2.38. The number of amides is 1. The summed E-state index contributed by atoms with van der Waals surface area (Å²) in [6.45, 7) is 9.05. The fraction of sp³-hybridized carbons (Fsp3) is 0.733. The van der Waals surface area contributed by atoms with Gasteiger partial charge in [0.05, 0.1) is 11.4 Å². The van der Waals surface area contributed by atoms with E-state index < -0.39 is 0 Å². The Balaban J connectivity index is 2.83. The lowest BCUT2D eigenvalue weighted by molar-refractivity contribution is 0.0697. The van der Waals surface area contributed by atoms with Gasteiger partial charge >= 0.3 is 0 Å². The zero-order chi connectivity index (χ0) is 15.1. The molecule has 20 heavy (non-hydrogen) atoms. The number of unbranched alkanes of at least 4 members (excludes halogenated alkanes) is 2. The molecule has 1 aromatic rings. The highest BCUT2D eigenvalue weighted by Crippen LogP contribution is 2.19. The van der Waals surface area contributed by atoms with E-state index in [4.69, 9.17) is 5.73 Å². The molecule has 0 spiro atoms. The number of H-pyrrole nitrogens is 1. The maximum atomic E-state index is 12.6. The minimum Gasteiger partial charge on any atom is -0.395 e. The largest absolute Gasteiger partial charge is 0.395 e. The molecule has 5 heteroatoms. The molecule has 114 valence electrons. The van der Waals surface area contributed by atoms with Gasteiger partial charge in [0.1, 0.15) is 0 Å². The monoisotopic (exact) mass is 280 g/mol. The van der Waals surface area contributed by atoms with Gasteiger partial charge in [0.2, 0.25) is 0 Å². The van der Waals surface area contributed by atoms with Gasteiger partial charge in [-0.15, -0.1) is 0 Å². The molecular weight excluding hydrogens is 252 g/mol. The number of carbonyl (C=O) groups is 1. The van der Waals surface area contributed by atoms with Gasteiger partial charge in [-0.3, -0.25) is 9.89 Å². The summed E-state index contributed by atoms with van der Waals surface area (Å²) >= 11 is 0. The van der Waals surface area contributed by atoms with Crippen molar-refractivity contribution >= 4 is 11.6 Å². The molecular formula is C15H28N4O. The van der Waals surface area contributed by atoms with Crippen LogP contribution in [0.4, 0.5) is 5.69 Å². The Bertz CT molecular complexity index is 426. The third-order valence-corrected chi connectivity index (χ3v) is 3.47. The molecule has 0 saturated carbocycles. The molecule has 0 aliphatic carbocycles. The summed E-state index contributed by atoms with van der Waals surface area (Å²) in [6, 6.07) is 0.157. The highest BCUT2D eigenvalue weighted by atomic mass is 16.2. The number of aromatic amines is 1. The lowest BCUT2D eigenvalue weighted by Gasteiger charge is -2.26. The fourth-order valence-corrected chi connectivity index (χ4v) is 2.25. The predicted molar refractivity (Wildman–Crippen MR) is 82.7 cm³/mol. The molecule has 3 N–H and O–H groups in total. The van der Waals surface area contributed by atoms with Crippen LogP contribution in [0.2, 0.25) is 0 Å². The lowest BCUT2D eigenvalue weighted by atomic mass is 10.1.